The Labute approximate surface area is 156 Å². The van der Waals surface area contributed by atoms with E-state index in [-0.39, 0.29) is 18.3 Å². The van der Waals surface area contributed by atoms with Crippen LogP contribution in [0.3, 0.4) is 0 Å². The van der Waals surface area contributed by atoms with Gasteiger partial charge in [-0.25, -0.2) is 0 Å². The van der Waals surface area contributed by atoms with E-state index >= 15 is 0 Å². The van der Waals surface area contributed by atoms with E-state index in [1.165, 1.54) is 19.3 Å². The quantitative estimate of drug-likeness (QED) is 0.397. The van der Waals surface area contributed by atoms with Crippen molar-refractivity contribution in [2.24, 2.45) is 0 Å². The van der Waals surface area contributed by atoms with Crippen LogP contribution in [0.15, 0.2) is 48.5 Å². The highest BCUT2D eigenvalue weighted by Gasteiger charge is 2.02. The minimum atomic E-state index is -0.814. The fraction of sp³-hybridized carbons (Fsp3) is 0.211. The summed E-state index contributed by atoms with van der Waals surface area (Å²) in [6.07, 6.45) is 3.46. The van der Waals surface area contributed by atoms with Crippen molar-refractivity contribution in [3.8, 4) is 11.5 Å². The third-order valence-electron chi connectivity index (χ3n) is 3.71. The monoisotopic (exact) mass is 372 g/mol. The number of hydrogen-bond acceptors (Lipinski definition) is 6. The molecule has 0 spiro atoms. The second kappa shape index (κ2) is 9.81. The van der Waals surface area contributed by atoms with Gasteiger partial charge in [0.1, 0.15) is 6.61 Å². The first-order valence-electron chi connectivity index (χ1n) is 8.16. The molecule has 1 amide bonds. The van der Waals surface area contributed by atoms with Crippen molar-refractivity contribution in [1.29, 1.82) is 0 Å². The minimum absolute atomic E-state index is 0.00984. The summed E-state index contributed by atoms with van der Waals surface area (Å²) in [5.41, 5.74) is 2.54. The van der Waals surface area contributed by atoms with Crippen LogP contribution in [0.4, 0.5) is 0 Å². The molecule has 2 rings (SSSR count). The Hall–Kier alpha value is -3.55. The lowest BCUT2D eigenvalue weighted by atomic mass is 10.1. The molecule has 0 aliphatic heterocycles. The standard InChI is InChI=1S/C19H20N2O6/c1-26-18-12-15(6-8-17(18)22)7-9-19(23)20-13-16-4-2-14(3-5-16)10-11-27-21(24)25/h2-9,12,22H,10-11,13H2,1H3,(H,20,23). The molecule has 0 bridgehead atoms. The van der Waals surface area contributed by atoms with Gasteiger partial charge in [0.15, 0.2) is 11.5 Å². The Morgan fingerprint density at radius 1 is 1.22 bits per heavy atom. The van der Waals surface area contributed by atoms with Gasteiger partial charge in [0.2, 0.25) is 5.91 Å². The molecule has 0 atom stereocenters. The lowest BCUT2D eigenvalue weighted by molar-refractivity contribution is -0.757. The first-order valence-corrected chi connectivity index (χ1v) is 8.16. The molecule has 142 valence electrons. The summed E-state index contributed by atoms with van der Waals surface area (Å²) < 4.78 is 5.02. The topological polar surface area (TPSA) is 111 Å². The number of ether oxygens (including phenoxy) is 1. The molecule has 0 aromatic heterocycles. The van der Waals surface area contributed by atoms with E-state index in [9.17, 15) is 20.0 Å². The smallest absolute Gasteiger partial charge is 0.294 e. The number of benzene rings is 2. The number of phenolic OH excluding ortho intramolecular Hbond substituents is 1. The third-order valence-corrected chi connectivity index (χ3v) is 3.71. The molecule has 0 saturated heterocycles. The molecule has 8 nitrogen and oxygen atoms in total. The average molecular weight is 372 g/mol. The van der Waals surface area contributed by atoms with Gasteiger partial charge < -0.3 is 20.0 Å². The second-order valence-electron chi connectivity index (χ2n) is 5.61. The van der Waals surface area contributed by atoms with E-state index < -0.39 is 5.09 Å². The molecule has 2 N–H and O–H groups in total. The summed E-state index contributed by atoms with van der Waals surface area (Å²) in [6, 6.07) is 12.2. The fourth-order valence-corrected chi connectivity index (χ4v) is 2.28. The zero-order chi connectivity index (χ0) is 19.6. The van der Waals surface area contributed by atoms with E-state index in [0.717, 1.165) is 16.7 Å². The molecule has 2 aromatic carbocycles. The number of amides is 1. The zero-order valence-electron chi connectivity index (χ0n) is 14.8. The van der Waals surface area contributed by atoms with Crippen LogP contribution in [0.5, 0.6) is 11.5 Å². The van der Waals surface area contributed by atoms with E-state index in [4.69, 9.17) is 4.74 Å². The maximum atomic E-state index is 11.9. The van der Waals surface area contributed by atoms with Crippen molar-refractivity contribution >= 4 is 12.0 Å². The van der Waals surface area contributed by atoms with Gasteiger partial charge in [0.05, 0.1) is 7.11 Å². The first-order chi connectivity index (χ1) is 13.0. The SMILES string of the molecule is COc1cc(C=CC(=O)NCc2ccc(CCO[N+](=O)[O-])cc2)ccc1O. The number of rotatable bonds is 9. The van der Waals surface area contributed by atoms with Gasteiger partial charge in [-0.05, 0) is 41.3 Å². The molecule has 0 aliphatic rings. The number of methoxy groups -OCH3 is 1. The van der Waals surface area contributed by atoms with Gasteiger partial charge in [0, 0.05) is 12.6 Å². The Kier molecular flexibility index (Phi) is 7.18. The van der Waals surface area contributed by atoms with Crippen LogP contribution in [-0.4, -0.2) is 29.8 Å². The lowest BCUT2D eigenvalue weighted by Crippen LogP contribution is -2.20. The van der Waals surface area contributed by atoms with Crippen molar-refractivity contribution < 1.29 is 24.6 Å². The molecule has 0 aliphatic carbocycles. The molecule has 0 unspecified atom stereocenters. The first kappa shape index (κ1) is 19.8. The van der Waals surface area contributed by atoms with Crippen molar-refractivity contribution in [2.75, 3.05) is 13.7 Å². The van der Waals surface area contributed by atoms with Crippen LogP contribution < -0.4 is 10.1 Å². The minimum Gasteiger partial charge on any atom is -0.504 e. The third kappa shape index (κ3) is 6.69. The number of phenols is 1. The van der Waals surface area contributed by atoms with Gasteiger partial charge in [-0.15, -0.1) is 10.1 Å². The average Bonchev–Trinajstić information content (AvgIpc) is 2.66. The second-order valence-corrected chi connectivity index (χ2v) is 5.61. The van der Waals surface area contributed by atoms with Crippen LogP contribution in [0.2, 0.25) is 0 Å². The zero-order valence-corrected chi connectivity index (χ0v) is 14.8. The molecule has 0 radical (unpaired) electrons. The predicted octanol–water partition coefficient (Wildman–Crippen LogP) is 2.48. The Morgan fingerprint density at radius 3 is 2.59 bits per heavy atom. The van der Waals surface area contributed by atoms with Crippen LogP contribution in [-0.2, 0) is 22.6 Å². The summed E-state index contributed by atoms with van der Waals surface area (Å²) in [4.78, 5) is 26.3. The van der Waals surface area contributed by atoms with Crippen molar-refractivity contribution in [3.63, 3.8) is 0 Å². The summed E-state index contributed by atoms with van der Waals surface area (Å²) >= 11 is 0. The van der Waals surface area contributed by atoms with Crippen LogP contribution in [0.25, 0.3) is 6.08 Å². The fourth-order valence-electron chi connectivity index (χ4n) is 2.28. The molecular formula is C19H20N2O6. The number of nitrogens with one attached hydrogen (secondary N) is 1. The number of hydrogen-bond donors (Lipinski definition) is 2. The molecule has 8 heteroatoms. The van der Waals surface area contributed by atoms with E-state index in [0.29, 0.717) is 18.7 Å². The highest BCUT2D eigenvalue weighted by atomic mass is 16.9. The molecule has 0 saturated carbocycles. The van der Waals surface area contributed by atoms with Gasteiger partial charge in [-0.3, -0.25) is 4.79 Å². The molecular weight excluding hydrogens is 352 g/mol. The number of carbonyl (C=O) groups excluding carboxylic acids is 1. The largest absolute Gasteiger partial charge is 0.504 e. The van der Waals surface area contributed by atoms with Crippen LogP contribution >= 0.6 is 0 Å². The van der Waals surface area contributed by atoms with Crippen LogP contribution in [0.1, 0.15) is 16.7 Å². The van der Waals surface area contributed by atoms with Crippen LogP contribution in [0, 0.1) is 10.1 Å². The number of carbonyl (C=O) groups is 1. The van der Waals surface area contributed by atoms with Crippen molar-refractivity contribution in [3.05, 3.63) is 75.3 Å². The summed E-state index contributed by atoms with van der Waals surface area (Å²) in [5.74, 6) is 0.110. The van der Waals surface area contributed by atoms with E-state index in [1.54, 1.807) is 18.2 Å². The van der Waals surface area contributed by atoms with Gasteiger partial charge in [-0.2, -0.15) is 0 Å². The number of nitrogens with zero attached hydrogens (tertiary/aromatic N) is 1. The highest BCUT2D eigenvalue weighted by Crippen LogP contribution is 2.26. The Morgan fingerprint density at radius 2 is 1.93 bits per heavy atom. The maximum Gasteiger partial charge on any atom is 0.294 e. The Bertz CT molecular complexity index is 817. The van der Waals surface area contributed by atoms with Gasteiger partial charge in [0.25, 0.3) is 5.09 Å². The lowest BCUT2D eigenvalue weighted by Gasteiger charge is -2.05. The molecule has 0 fully saturated rings. The molecule has 2 aromatic rings. The van der Waals surface area contributed by atoms with E-state index in [2.05, 4.69) is 10.2 Å². The van der Waals surface area contributed by atoms with E-state index in [1.807, 2.05) is 24.3 Å². The van der Waals surface area contributed by atoms with Crippen molar-refractivity contribution in [1.82, 2.24) is 5.32 Å². The summed E-state index contributed by atoms with van der Waals surface area (Å²) in [6.45, 7) is 0.365. The summed E-state index contributed by atoms with van der Waals surface area (Å²) in [5, 5.41) is 21.6. The van der Waals surface area contributed by atoms with Crippen molar-refractivity contribution in [2.45, 2.75) is 13.0 Å². The molecule has 0 heterocycles. The Balaban J connectivity index is 1.82. The number of aromatic hydroxyl groups is 1. The summed E-state index contributed by atoms with van der Waals surface area (Å²) in [7, 11) is 1.45. The van der Waals surface area contributed by atoms with Gasteiger partial charge in [-0.1, -0.05) is 30.3 Å². The highest BCUT2D eigenvalue weighted by molar-refractivity contribution is 5.91. The molecule has 27 heavy (non-hydrogen) atoms. The van der Waals surface area contributed by atoms with Gasteiger partial charge >= 0.3 is 0 Å². The normalized spacial score (nSPS) is 10.6. The predicted molar refractivity (Wildman–Crippen MR) is 98.6 cm³/mol. The maximum absolute atomic E-state index is 11.9.